The SMILES string of the molecule is CCOCCCNC(=O)C(CC)(CC)CN. The van der Waals surface area contributed by atoms with Crippen LogP contribution < -0.4 is 11.1 Å². The van der Waals surface area contributed by atoms with Gasteiger partial charge in [0.05, 0.1) is 5.41 Å². The van der Waals surface area contributed by atoms with Gasteiger partial charge in [0.15, 0.2) is 0 Å². The van der Waals surface area contributed by atoms with Gasteiger partial charge in [0, 0.05) is 26.3 Å². The molecule has 0 bridgehead atoms. The Balaban J connectivity index is 3.93. The van der Waals surface area contributed by atoms with Gasteiger partial charge in [-0.25, -0.2) is 0 Å². The highest BCUT2D eigenvalue weighted by Crippen LogP contribution is 2.24. The van der Waals surface area contributed by atoms with Crippen molar-refractivity contribution in [2.75, 3.05) is 26.3 Å². The summed E-state index contributed by atoms with van der Waals surface area (Å²) in [5.74, 6) is 0.0801. The van der Waals surface area contributed by atoms with Gasteiger partial charge < -0.3 is 15.8 Å². The summed E-state index contributed by atoms with van der Waals surface area (Å²) in [6, 6.07) is 0. The molecule has 0 aromatic heterocycles. The molecule has 96 valence electrons. The summed E-state index contributed by atoms with van der Waals surface area (Å²) in [6.45, 7) is 8.49. The van der Waals surface area contributed by atoms with Gasteiger partial charge in [-0.2, -0.15) is 0 Å². The third-order valence-corrected chi connectivity index (χ3v) is 3.18. The molecule has 0 aromatic rings. The first-order valence-corrected chi connectivity index (χ1v) is 6.23. The lowest BCUT2D eigenvalue weighted by atomic mass is 9.81. The number of rotatable bonds is 9. The summed E-state index contributed by atoms with van der Waals surface area (Å²) < 4.78 is 5.20. The van der Waals surface area contributed by atoms with Crippen molar-refractivity contribution >= 4 is 5.91 Å². The van der Waals surface area contributed by atoms with E-state index in [4.69, 9.17) is 10.5 Å². The first-order chi connectivity index (χ1) is 7.66. The fraction of sp³-hybridized carbons (Fsp3) is 0.917. The highest BCUT2D eigenvalue weighted by molar-refractivity contribution is 5.82. The molecule has 0 atom stereocenters. The topological polar surface area (TPSA) is 64.3 Å². The molecule has 4 nitrogen and oxygen atoms in total. The average molecular weight is 230 g/mol. The molecule has 0 saturated heterocycles. The van der Waals surface area contributed by atoms with Crippen LogP contribution in [-0.2, 0) is 9.53 Å². The Labute approximate surface area is 98.9 Å². The van der Waals surface area contributed by atoms with Crippen LogP contribution in [0.1, 0.15) is 40.0 Å². The second-order valence-electron chi connectivity index (χ2n) is 4.00. The smallest absolute Gasteiger partial charge is 0.227 e. The first-order valence-electron chi connectivity index (χ1n) is 6.23. The monoisotopic (exact) mass is 230 g/mol. The molecule has 3 N–H and O–H groups in total. The zero-order valence-corrected chi connectivity index (χ0v) is 10.8. The standard InChI is InChI=1S/C12H26N2O2/c1-4-12(5-2,10-13)11(15)14-8-7-9-16-6-3/h4-10,13H2,1-3H3,(H,14,15). The Morgan fingerprint density at radius 2 is 1.94 bits per heavy atom. The van der Waals surface area contributed by atoms with Crippen molar-refractivity contribution in [2.45, 2.75) is 40.0 Å². The maximum atomic E-state index is 12.0. The predicted molar refractivity (Wildman–Crippen MR) is 66.2 cm³/mol. The van der Waals surface area contributed by atoms with Gasteiger partial charge in [-0.05, 0) is 26.2 Å². The summed E-state index contributed by atoms with van der Waals surface area (Å²) in [5.41, 5.74) is 5.31. The minimum Gasteiger partial charge on any atom is -0.382 e. The molecule has 0 aromatic carbocycles. The molecule has 0 rings (SSSR count). The Morgan fingerprint density at radius 3 is 2.38 bits per heavy atom. The first kappa shape index (κ1) is 15.4. The van der Waals surface area contributed by atoms with Gasteiger partial charge in [0.25, 0.3) is 0 Å². The Morgan fingerprint density at radius 1 is 1.31 bits per heavy atom. The van der Waals surface area contributed by atoms with Crippen LogP contribution in [0.15, 0.2) is 0 Å². The number of ether oxygens (including phenoxy) is 1. The van der Waals surface area contributed by atoms with Gasteiger partial charge in [-0.3, -0.25) is 4.79 Å². The van der Waals surface area contributed by atoms with Crippen LogP contribution in [0.25, 0.3) is 0 Å². The highest BCUT2D eigenvalue weighted by atomic mass is 16.5. The molecule has 0 saturated carbocycles. The van der Waals surface area contributed by atoms with Crippen molar-refractivity contribution in [3.63, 3.8) is 0 Å². The van der Waals surface area contributed by atoms with Crippen molar-refractivity contribution in [3.05, 3.63) is 0 Å². The van der Waals surface area contributed by atoms with Crippen molar-refractivity contribution in [1.29, 1.82) is 0 Å². The molecule has 16 heavy (non-hydrogen) atoms. The van der Waals surface area contributed by atoms with Crippen molar-refractivity contribution in [1.82, 2.24) is 5.32 Å². The van der Waals surface area contributed by atoms with E-state index in [1.54, 1.807) is 0 Å². The van der Waals surface area contributed by atoms with E-state index in [0.29, 0.717) is 19.7 Å². The molecular formula is C12H26N2O2. The van der Waals surface area contributed by atoms with E-state index in [1.165, 1.54) is 0 Å². The van der Waals surface area contributed by atoms with Gasteiger partial charge in [-0.15, -0.1) is 0 Å². The fourth-order valence-corrected chi connectivity index (χ4v) is 1.66. The molecule has 0 unspecified atom stereocenters. The lowest BCUT2D eigenvalue weighted by molar-refractivity contribution is -0.131. The maximum absolute atomic E-state index is 12.0. The summed E-state index contributed by atoms with van der Waals surface area (Å²) >= 11 is 0. The molecular weight excluding hydrogens is 204 g/mol. The highest BCUT2D eigenvalue weighted by Gasteiger charge is 2.32. The summed E-state index contributed by atoms with van der Waals surface area (Å²) in [5, 5.41) is 2.94. The van der Waals surface area contributed by atoms with Gasteiger partial charge in [-0.1, -0.05) is 13.8 Å². The van der Waals surface area contributed by atoms with E-state index < -0.39 is 0 Å². The number of amides is 1. The average Bonchev–Trinajstić information content (AvgIpc) is 2.32. The number of carbonyl (C=O) groups is 1. The van der Waals surface area contributed by atoms with Crippen LogP contribution in [0.3, 0.4) is 0 Å². The molecule has 0 heterocycles. The third-order valence-electron chi connectivity index (χ3n) is 3.18. The van der Waals surface area contributed by atoms with E-state index >= 15 is 0 Å². The molecule has 0 spiro atoms. The molecule has 0 radical (unpaired) electrons. The second-order valence-corrected chi connectivity index (χ2v) is 4.00. The maximum Gasteiger partial charge on any atom is 0.227 e. The molecule has 0 fully saturated rings. The minimum atomic E-state index is -0.383. The molecule has 1 amide bonds. The Bertz CT molecular complexity index is 183. The van der Waals surface area contributed by atoms with Crippen molar-refractivity contribution in [2.24, 2.45) is 11.1 Å². The number of nitrogens with two attached hydrogens (primary N) is 1. The lowest BCUT2D eigenvalue weighted by Gasteiger charge is -2.28. The van der Waals surface area contributed by atoms with E-state index in [0.717, 1.165) is 25.9 Å². The zero-order chi connectivity index (χ0) is 12.4. The minimum absolute atomic E-state index is 0.0801. The molecule has 4 heteroatoms. The lowest BCUT2D eigenvalue weighted by Crippen LogP contribution is -2.45. The number of hydrogen-bond acceptors (Lipinski definition) is 3. The third kappa shape index (κ3) is 4.49. The predicted octanol–water partition coefficient (Wildman–Crippen LogP) is 1.29. The van der Waals surface area contributed by atoms with Crippen LogP contribution in [-0.4, -0.2) is 32.2 Å². The van der Waals surface area contributed by atoms with E-state index in [9.17, 15) is 4.79 Å². The number of nitrogens with one attached hydrogen (secondary N) is 1. The van der Waals surface area contributed by atoms with Crippen molar-refractivity contribution in [3.8, 4) is 0 Å². The summed E-state index contributed by atoms with van der Waals surface area (Å²) in [6.07, 6.45) is 2.43. The van der Waals surface area contributed by atoms with Gasteiger partial charge in [0.2, 0.25) is 5.91 Å². The van der Waals surface area contributed by atoms with Crippen LogP contribution in [0, 0.1) is 5.41 Å². The molecule has 0 aliphatic rings. The number of carbonyl (C=O) groups excluding carboxylic acids is 1. The normalized spacial score (nSPS) is 11.5. The molecule has 0 aliphatic carbocycles. The molecule has 0 aliphatic heterocycles. The van der Waals surface area contributed by atoms with Gasteiger partial charge >= 0.3 is 0 Å². The van der Waals surface area contributed by atoms with Crippen LogP contribution in [0.2, 0.25) is 0 Å². The van der Waals surface area contributed by atoms with Crippen LogP contribution in [0.5, 0.6) is 0 Å². The van der Waals surface area contributed by atoms with Crippen molar-refractivity contribution < 1.29 is 9.53 Å². The van der Waals surface area contributed by atoms with E-state index in [2.05, 4.69) is 5.32 Å². The van der Waals surface area contributed by atoms with E-state index in [-0.39, 0.29) is 11.3 Å². The largest absolute Gasteiger partial charge is 0.382 e. The summed E-state index contributed by atoms with van der Waals surface area (Å²) in [7, 11) is 0. The fourth-order valence-electron chi connectivity index (χ4n) is 1.66. The Hall–Kier alpha value is -0.610. The van der Waals surface area contributed by atoms with Crippen LogP contribution in [0.4, 0.5) is 0 Å². The zero-order valence-electron chi connectivity index (χ0n) is 10.8. The summed E-state index contributed by atoms with van der Waals surface area (Å²) in [4.78, 5) is 12.0. The van der Waals surface area contributed by atoms with E-state index in [1.807, 2.05) is 20.8 Å². The second kappa shape index (κ2) is 8.53. The van der Waals surface area contributed by atoms with Gasteiger partial charge in [0.1, 0.15) is 0 Å². The quantitative estimate of drug-likeness (QED) is 0.587. The van der Waals surface area contributed by atoms with Crippen LogP contribution >= 0.6 is 0 Å². The Kier molecular flexibility index (Phi) is 8.21. The number of hydrogen-bond donors (Lipinski definition) is 2.